The van der Waals surface area contributed by atoms with E-state index in [9.17, 15) is 4.39 Å². The van der Waals surface area contributed by atoms with Crippen molar-refractivity contribution >= 4 is 17.3 Å². The normalized spacial score (nSPS) is 15.5. The van der Waals surface area contributed by atoms with Gasteiger partial charge < -0.3 is 15.5 Å². The monoisotopic (exact) mass is 409 g/mol. The van der Waals surface area contributed by atoms with E-state index < -0.39 is 0 Å². The fourth-order valence-corrected chi connectivity index (χ4v) is 3.86. The van der Waals surface area contributed by atoms with Gasteiger partial charge in [0, 0.05) is 51.0 Å². The Bertz CT molecular complexity index is 992. The van der Waals surface area contributed by atoms with Gasteiger partial charge in [-0.2, -0.15) is 0 Å². The highest BCUT2D eigenvalue weighted by molar-refractivity contribution is 5.80. The topological polar surface area (TPSA) is 69.8 Å². The first-order chi connectivity index (χ1) is 14.7. The summed E-state index contributed by atoms with van der Waals surface area (Å²) in [6.07, 6.45) is 5.76. The van der Waals surface area contributed by atoms with Crippen molar-refractivity contribution in [3.8, 4) is 0 Å². The molecule has 1 fully saturated rings. The molecule has 1 saturated heterocycles. The Morgan fingerprint density at radius 3 is 2.83 bits per heavy atom. The van der Waals surface area contributed by atoms with E-state index in [0.29, 0.717) is 6.04 Å². The molecule has 30 heavy (non-hydrogen) atoms. The summed E-state index contributed by atoms with van der Waals surface area (Å²) in [5.41, 5.74) is 1.83. The van der Waals surface area contributed by atoms with Crippen LogP contribution >= 0.6 is 0 Å². The second kappa shape index (κ2) is 9.56. The summed E-state index contributed by atoms with van der Waals surface area (Å²) in [6, 6.07) is 13.1. The van der Waals surface area contributed by atoms with Crippen molar-refractivity contribution in [3.05, 3.63) is 60.3 Å². The van der Waals surface area contributed by atoms with E-state index in [1.165, 1.54) is 6.07 Å². The van der Waals surface area contributed by atoms with Crippen LogP contribution in [0.2, 0.25) is 0 Å². The number of anilines is 1. The molecule has 0 bridgehead atoms. The van der Waals surface area contributed by atoms with Crippen molar-refractivity contribution in [1.29, 1.82) is 0 Å². The summed E-state index contributed by atoms with van der Waals surface area (Å²) in [6.45, 7) is 2.61. The number of halogens is 1. The summed E-state index contributed by atoms with van der Waals surface area (Å²) >= 11 is 0. The van der Waals surface area contributed by atoms with Crippen molar-refractivity contribution in [2.75, 3.05) is 31.6 Å². The van der Waals surface area contributed by atoms with Gasteiger partial charge in [-0.1, -0.05) is 12.1 Å². The van der Waals surface area contributed by atoms with Gasteiger partial charge in [0.25, 0.3) is 0 Å². The summed E-state index contributed by atoms with van der Waals surface area (Å²) in [4.78, 5) is 6.59. The quantitative estimate of drug-likeness (QED) is 0.372. The maximum Gasteiger partial charge on any atom is 0.191 e. The van der Waals surface area contributed by atoms with E-state index in [2.05, 4.69) is 30.7 Å². The average Bonchev–Trinajstić information content (AvgIpc) is 3.19. The molecular formula is C22H28FN7. The zero-order chi connectivity index (χ0) is 20.8. The third-order valence-electron chi connectivity index (χ3n) is 5.49. The Morgan fingerprint density at radius 1 is 1.17 bits per heavy atom. The lowest BCUT2D eigenvalue weighted by Crippen LogP contribution is -2.49. The van der Waals surface area contributed by atoms with Crippen LogP contribution in [0.15, 0.2) is 53.7 Å². The molecule has 158 valence electrons. The van der Waals surface area contributed by atoms with E-state index in [0.717, 1.165) is 68.4 Å². The van der Waals surface area contributed by atoms with Gasteiger partial charge in [0.2, 0.25) is 0 Å². The second-order valence-corrected chi connectivity index (χ2v) is 7.53. The molecule has 4 rings (SSSR count). The Hall–Kier alpha value is -3.16. The molecule has 0 atom stereocenters. The molecule has 2 N–H and O–H groups in total. The third-order valence-corrected chi connectivity index (χ3v) is 5.49. The largest absolute Gasteiger partial charge is 0.371 e. The Morgan fingerprint density at radius 2 is 2.03 bits per heavy atom. The predicted molar refractivity (Wildman–Crippen MR) is 117 cm³/mol. The molecular weight excluding hydrogens is 381 g/mol. The Labute approximate surface area is 176 Å². The third kappa shape index (κ3) is 4.87. The molecule has 0 saturated carbocycles. The number of rotatable bonds is 6. The molecule has 0 spiro atoms. The van der Waals surface area contributed by atoms with Gasteiger partial charge in [-0.05, 0) is 49.6 Å². The summed E-state index contributed by atoms with van der Waals surface area (Å²) in [7, 11) is 1.79. The van der Waals surface area contributed by atoms with E-state index in [1.807, 2.05) is 34.9 Å². The van der Waals surface area contributed by atoms with Crippen LogP contribution in [-0.2, 0) is 6.42 Å². The highest BCUT2D eigenvalue weighted by Gasteiger charge is 2.20. The SMILES string of the molecule is CN=C(NCCCc1nnc2ccccn12)NC1CCN(c2cccc(F)c2)CC1. The number of aromatic nitrogens is 3. The molecule has 0 unspecified atom stereocenters. The van der Waals surface area contributed by atoms with Gasteiger partial charge in [-0.15, -0.1) is 10.2 Å². The summed E-state index contributed by atoms with van der Waals surface area (Å²) in [5.74, 6) is 1.61. The number of pyridine rings is 1. The van der Waals surface area contributed by atoms with Crippen molar-refractivity contribution in [3.63, 3.8) is 0 Å². The van der Waals surface area contributed by atoms with E-state index >= 15 is 0 Å². The van der Waals surface area contributed by atoms with Crippen molar-refractivity contribution in [2.24, 2.45) is 4.99 Å². The standard InChI is InChI=1S/C22H28FN7/c1-24-22(25-12-5-9-21-28-27-20-8-2-3-13-30(20)21)26-18-10-14-29(15-11-18)19-7-4-6-17(23)16-19/h2-4,6-8,13,16,18H,5,9-12,14-15H2,1H3,(H2,24,25,26). The van der Waals surface area contributed by atoms with Gasteiger partial charge in [-0.3, -0.25) is 9.39 Å². The first-order valence-electron chi connectivity index (χ1n) is 10.5. The Kier molecular flexibility index (Phi) is 6.41. The fourth-order valence-electron chi connectivity index (χ4n) is 3.86. The number of hydrogen-bond donors (Lipinski definition) is 2. The van der Waals surface area contributed by atoms with Crippen LogP contribution < -0.4 is 15.5 Å². The van der Waals surface area contributed by atoms with Gasteiger partial charge >= 0.3 is 0 Å². The predicted octanol–water partition coefficient (Wildman–Crippen LogP) is 2.64. The van der Waals surface area contributed by atoms with Gasteiger partial charge in [-0.25, -0.2) is 4.39 Å². The maximum atomic E-state index is 13.5. The highest BCUT2D eigenvalue weighted by atomic mass is 19.1. The number of aliphatic imine (C=N–C) groups is 1. The molecule has 7 nitrogen and oxygen atoms in total. The number of guanidine groups is 1. The molecule has 1 aliphatic heterocycles. The minimum Gasteiger partial charge on any atom is -0.371 e. The molecule has 2 aromatic heterocycles. The molecule has 3 aromatic rings. The van der Waals surface area contributed by atoms with Crippen molar-refractivity contribution in [1.82, 2.24) is 25.2 Å². The number of fused-ring (bicyclic) bond motifs is 1. The maximum absolute atomic E-state index is 13.5. The number of aryl methyl sites for hydroxylation is 1. The lowest BCUT2D eigenvalue weighted by atomic mass is 10.0. The van der Waals surface area contributed by atoms with Crippen LogP contribution in [0.25, 0.3) is 5.65 Å². The highest BCUT2D eigenvalue weighted by Crippen LogP contribution is 2.20. The molecule has 1 aromatic carbocycles. The molecule has 0 amide bonds. The van der Waals surface area contributed by atoms with Crippen LogP contribution in [-0.4, -0.2) is 53.3 Å². The van der Waals surface area contributed by atoms with Crippen molar-refractivity contribution < 1.29 is 4.39 Å². The molecule has 3 heterocycles. The van der Waals surface area contributed by atoms with Crippen molar-refractivity contribution in [2.45, 2.75) is 31.7 Å². The Balaban J connectivity index is 1.20. The smallest absolute Gasteiger partial charge is 0.191 e. The fraction of sp³-hybridized carbons (Fsp3) is 0.409. The van der Waals surface area contributed by atoms with Crippen LogP contribution in [0.5, 0.6) is 0 Å². The van der Waals surface area contributed by atoms with E-state index in [-0.39, 0.29) is 5.82 Å². The van der Waals surface area contributed by atoms with Crippen LogP contribution in [0.1, 0.15) is 25.1 Å². The first kappa shape index (κ1) is 20.1. The number of benzene rings is 1. The zero-order valence-electron chi connectivity index (χ0n) is 17.3. The van der Waals surface area contributed by atoms with Gasteiger partial charge in [0.1, 0.15) is 11.6 Å². The van der Waals surface area contributed by atoms with Gasteiger partial charge in [0.15, 0.2) is 11.6 Å². The molecule has 8 heteroatoms. The van der Waals surface area contributed by atoms with Crippen LogP contribution in [0.4, 0.5) is 10.1 Å². The number of piperidine rings is 1. The van der Waals surface area contributed by atoms with Crippen LogP contribution in [0, 0.1) is 5.82 Å². The molecule has 0 aliphatic carbocycles. The minimum atomic E-state index is -0.184. The zero-order valence-corrected chi connectivity index (χ0v) is 17.3. The van der Waals surface area contributed by atoms with E-state index in [4.69, 9.17) is 0 Å². The number of hydrogen-bond acceptors (Lipinski definition) is 4. The second-order valence-electron chi connectivity index (χ2n) is 7.53. The van der Waals surface area contributed by atoms with Crippen LogP contribution in [0.3, 0.4) is 0 Å². The molecule has 0 radical (unpaired) electrons. The number of nitrogens with one attached hydrogen (secondary N) is 2. The minimum absolute atomic E-state index is 0.184. The average molecular weight is 410 g/mol. The number of nitrogens with zero attached hydrogens (tertiary/aromatic N) is 5. The first-order valence-corrected chi connectivity index (χ1v) is 10.5. The summed E-state index contributed by atoms with van der Waals surface area (Å²) in [5, 5.41) is 15.4. The summed E-state index contributed by atoms with van der Waals surface area (Å²) < 4.78 is 15.5. The lowest BCUT2D eigenvalue weighted by Gasteiger charge is -2.34. The van der Waals surface area contributed by atoms with Gasteiger partial charge in [0.05, 0.1) is 0 Å². The lowest BCUT2D eigenvalue weighted by molar-refractivity contribution is 0.461. The molecule has 1 aliphatic rings. The van der Waals surface area contributed by atoms with E-state index in [1.54, 1.807) is 19.2 Å².